The van der Waals surface area contributed by atoms with Gasteiger partial charge in [0.1, 0.15) is 5.75 Å². The van der Waals surface area contributed by atoms with Crippen LogP contribution in [0.25, 0.3) is 0 Å². The standard InChI is InChI=1S/C12H19N3O3S/c1-13(2)19(17,18)15-9-7-14(8-10-15)11-3-5-12(16)6-4-11/h3-6,16H,7-10H2,1-2H3. The van der Waals surface area contributed by atoms with Crippen molar-refractivity contribution in [2.24, 2.45) is 0 Å². The van der Waals surface area contributed by atoms with Gasteiger partial charge in [-0.3, -0.25) is 0 Å². The molecule has 0 aromatic heterocycles. The molecule has 6 nitrogen and oxygen atoms in total. The second kappa shape index (κ2) is 5.36. The minimum atomic E-state index is -3.31. The van der Waals surface area contributed by atoms with Crippen molar-refractivity contribution >= 4 is 15.9 Å². The highest BCUT2D eigenvalue weighted by Gasteiger charge is 2.28. The third kappa shape index (κ3) is 2.99. The van der Waals surface area contributed by atoms with E-state index in [2.05, 4.69) is 4.90 Å². The van der Waals surface area contributed by atoms with Crippen LogP contribution in [-0.4, -0.2) is 62.4 Å². The van der Waals surface area contributed by atoms with E-state index >= 15 is 0 Å². The summed E-state index contributed by atoms with van der Waals surface area (Å²) in [5.74, 6) is 0.234. The van der Waals surface area contributed by atoms with Crippen molar-refractivity contribution in [3.05, 3.63) is 24.3 Å². The molecule has 0 amide bonds. The highest BCUT2D eigenvalue weighted by atomic mass is 32.2. The van der Waals surface area contributed by atoms with Crippen molar-refractivity contribution in [3.8, 4) is 5.75 Å². The monoisotopic (exact) mass is 285 g/mol. The van der Waals surface area contributed by atoms with Gasteiger partial charge in [0.05, 0.1) is 0 Å². The fourth-order valence-electron chi connectivity index (χ4n) is 2.07. The van der Waals surface area contributed by atoms with E-state index in [0.29, 0.717) is 26.2 Å². The fourth-order valence-corrected chi connectivity index (χ4v) is 3.16. The highest BCUT2D eigenvalue weighted by molar-refractivity contribution is 7.86. The number of hydrogen-bond acceptors (Lipinski definition) is 4. The first-order valence-electron chi connectivity index (χ1n) is 6.13. The number of phenols is 1. The lowest BCUT2D eigenvalue weighted by molar-refractivity contribution is 0.355. The lowest BCUT2D eigenvalue weighted by Gasteiger charge is -2.36. The minimum absolute atomic E-state index is 0.234. The van der Waals surface area contributed by atoms with Gasteiger partial charge in [-0.15, -0.1) is 0 Å². The maximum Gasteiger partial charge on any atom is 0.281 e. The first-order valence-corrected chi connectivity index (χ1v) is 7.52. The Morgan fingerprint density at radius 2 is 1.58 bits per heavy atom. The average molecular weight is 285 g/mol. The summed E-state index contributed by atoms with van der Waals surface area (Å²) in [6.07, 6.45) is 0. The van der Waals surface area contributed by atoms with Gasteiger partial charge in [-0.2, -0.15) is 17.0 Å². The Morgan fingerprint density at radius 1 is 1.05 bits per heavy atom. The third-order valence-electron chi connectivity index (χ3n) is 3.24. The number of aromatic hydroxyl groups is 1. The zero-order valence-corrected chi connectivity index (χ0v) is 12.0. The van der Waals surface area contributed by atoms with Crippen LogP contribution in [0.4, 0.5) is 5.69 Å². The summed E-state index contributed by atoms with van der Waals surface area (Å²) >= 11 is 0. The van der Waals surface area contributed by atoms with Crippen LogP contribution in [0.3, 0.4) is 0 Å². The van der Waals surface area contributed by atoms with Crippen LogP contribution in [0.1, 0.15) is 0 Å². The molecule has 0 radical (unpaired) electrons. The summed E-state index contributed by atoms with van der Waals surface area (Å²) in [6, 6.07) is 6.95. The van der Waals surface area contributed by atoms with Crippen molar-refractivity contribution in [2.45, 2.75) is 0 Å². The topological polar surface area (TPSA) is 64.1 Å². The summed E-state index contributed by atoms with van der Waals surface area (Å²) in [5, 5.41) is 9.25. The molecule has 0 bridgehead atoms. The fraction of sp³-hybridized carbons (Fsp3) is 0.500. The van der Waals surface area contributed by atoms with Crippen molar-refractivity contribution in [1.82, 2.24) is 8.61 Å². The van der Waals surface area contributed by atoms with E-state index < -0.39 is 10.2 Å². The van der Waals surface area contributed by atoms with Gasteiger partial charge in [0.25, 0.3) is 10.2 Å². The number of nitrogens with zero attached hydrogens (tertiary/aromatic N) is 3. The predicted octanol–water partition coefficient (Wildman–Crippen LogP) is 0.321. The largest absolute Gasteiger partial charge is 0.508 e. The molecular formula is C12H19N3O3S. The first-order chi connectivity index (χ1) is 8.91. The maximum absolute atomic E-state index is 12.0. The number of anilines is 1. The third-order valence-corrected chi connectivity index (χ3v) is 5.18. The smallest absolute Gasteiger partial charge is 0.281 e. The Morgan fingerprint density at radius 3 is 2.05 bits per heavy atom. The molecule has 1 aliphatic rings. The molecule has 1 heterocycles. The zero-order chi connectivity index (χ0) is 14.0. The molecule has 2 rings (SSSR count). The van der Waals surface area contributed by atoms with Crippen LogP contribution in [-0.2, 0) is 10.2 Å². The second-order valence-electron chi connectivity index (χ2n) is 4.69. The number of piperazine rings is 1. The summed E-state index contributed by atoms with van der Waals surface area (Å²) in [7, 11) is -0.226. The molecule has 0 atom stereocenters. The molecule has 106 valence electrons. The highest BCUT2D eigenvalue weighted by Crippen LogP contribution is 2.20. The molecule has 1 fully saturated rings. The molecule has 0 saturated carbocycles. The molecule has 1 aromatic rings. The molecule has 1 saturated heterocycles. The summed E-state index contributed by atoms with van der Waals surface area (Å²) in [5.41, 5.74) is 1.000. The van der Waals surface area contributed by atoms with Gasteiger partial charge in [0.15, 0.2) is 0 Å². The van der Waals surface area contributed by atoms with Crippen molar-refractivity contribution in [3.63, 3.8) is 0 Å². The van der Waals surface area contributed by atoms with Crippen molar-refractivity contribution in [2.75, 3.05) is 45.2 Å². The minimum Gasteiger partial charge on any atom is -0.508 e. The number of phenolic OH excluding ortho intramolecular Hbond substituents is 1. The van der Waals surface area contributed by atoms with E-state index in [-0.39, 0.29) is 5.75 Å². The Hall–Kier alpha value is -1.31. The van der Waals surface area contributed by atoms with Crippen LogP contribution >= 0.6 is 0 Å². The van der Waals surface area contributed by atoms with E-state index in [1.54, 1.807) is 26.2 Å². The quantitative estimate of drug-likeness (QED) is 0.869. The predicted molar refractivity (Wildman–Crippen MR) is 74.5 cm³/mol. The molecular weight excluding hydrogens is 266 g/mol. The van der Waals surface area contributed by atoms with Gasteiger partial charge < -0.3 is 10.0 Å². The van der Waals surface area contributed by atoms with Gasteiger partial charge in [-0.05, 0) is 24.3 Å². The lowest BCUT2D eigenvalue weighted by Crippen LogP contribution is -2.51. The summed E-state index contributed by atoms with van der Waals surface area (Å²) in [4.78, 5) is 2.11. The summed E-state index contributed by atoms with van der Waals surface area (Å²) in [6.45, 7) is 2.25. The lowest BCUT2D eigenvalue weighted by atomic mass is 10.2. The van der Waals surface area contributed by atoms with Crippen LogP contribution in [0.15, 0.2) is 24.3 Å². The van der Waals surface area contributed by atoms with E-state index in [1.165, 1.54) is 8.61 Å². The molecule has 0 unspecified atom stereocenters. The Bertz CT molecular complexity index is 520. The molecule has 7 heteroatoms. The van der Waals surface area contributed by atoms with Crippen LogP contribution in [0.5, 0.6) is 5.75 Å². The van der Waals surface area contributed by atoms with Gasteiger partial charge in [-0.1, -0.05) is 0 Å². The van der Waals surface area contributed by atoms with Crippen LogP contribution in [0.2, 0.25) is 0 Å². The Balaban J connectivity index is 2.02. The average Bonchev–Trinajstić information content (AvgIpc) is 2.39. The Labute approximate surface area is 114 Å². The number of hydrogen-bond donors (Lipinski definition) is 1. The second-order valence-corrected chi connectivity index (χ2v) is 6.84. The normalized spacial score (nSPS) is 17.9. The van der Waals surface area contributed by atoms with Gasteiger partial charge in [-0.25, -0.2) is 0 Å². The van der Waals surface area contributed by atoms with E-state index in [0.717, 1.165) is 5.69 Å². The molecule has 0 aliphatic carbocycles. The maximum atomic E-state index is 12.0. The van der Waals surface area contributed by atoms with Crippen molar-refractivity contribution in [1.29, 1.82) is 0 Å². The van der Waals surface area contributed by atoms with Crippen LogP contribution < -0.4 is 4.90 Å². The Kier molecular flexibility index (Phi) is 3.98. The zero-order valence-electron chi connectivity index (χ0n) is 11.2. The van der Waals surface area contributed by atoms with Gasteiger partial charge in [0.2, 0.25) is 0 Å². The van der Waals surface area contributed by atoms with Crippen molar-refractivity contribution < 1.29 is 13.5 Å². The molecule has 1 N–H and O–H groups in total. The van der Waals surface area contributed by atoms with E-state index in [1.807, 2.05) is 12.1 Å². The van der Waals surface area contributed by atoms with Gasteiger partial charge >= 0.3 is 0 Å². The van der Waals surface area contributed by atoms with E-state index in [4.69, 9.17) is 0 Å². The summed E-state index contributed by atoms with van der Waals surface area (Å²) < 4.78 is 26.7. The van der Waals surface area contributed by atoms with Crippen LogP contribution in [0, 0.1) is 0 Å². The SMILES string of the molecule is CN(C)S(=O)(=O)N1CCN(c2ccc(O)cc2)CC1. The number of benzene rings is 1. The molecule has 1 aromatic carbocycles. The molecule has 1 aliphatic heterocycles. The number of rotatable bonds is 3. The first kappa shape index (κ1) is 14.1. The molecule has 0 spiro atoms. The molecule has 19 heavy (non-hydrogen) atoms. The van der Waals surface area contributed by atoms with E-state index in [9.17, 15) is 13.5 Å². The van der Waals surface area contributed by atoms with Gasteiger partial charge in [0, 0.05) is 46.0 Å².